The average molecular weight is 263 g/mol. The van der Waals surface area contributed by atoms with Crippen LogP contribution in [0.2, 0.25) is 0 Å². The van der Waals surface area contributed by atoms with E-state index in [0.717, 1.165) is 5.56 Å². The lowest BCUT2D eigenvalue weighted by Crippen LogP contribution is -2.38. The average Bonchev–Trinajstić information content (AvgIpc) is 2.42. The van der Waals surface area contributed by atoms with Gasteiger partial charge in [-0.25, -0.2) is 5.06 Å². The minimum absolute atomic E-state index is 0.210. The van der Waals surface area contributed by atoms with Gasteiger partial charge in [0.1, 0.15) is 0 Å². The Labute approximate surface area is 111 Å². The van der Waals surface area contributed by atoms with Gasteiger partial charge < -0.3 is 5.11 Å². The second-order valence-electron chi connectivity index (χ2n) is 4.22. The van der Waals surface area contributed by atoms with Gasteiger partial charge in [0.25, 0.3) is 0 Å². The highest BCUT2D eigenvalue weighted by Gasteiger charge is 2.27. The lowest BCUT2D eigenvalue weighted by atomic mass is 9.97. The van der Waals surface area contributed by atoms with E-state index in [4.69, 9.17) is 5.11 Å². The Balaban J connectivity index is 2.67. The van der Waals surface area contributed by atoms with Gasteiger partial charge in [0, 0.05) is 0 Å². The molecule has 1 rings (SSSR count). The summed E-state index contributed by atoms with van der Waals surface area (Å²) in [7, 11) is 0. The Morgan fingerprint density at radius 1 is 1.37 bits per heavy atom. The summed E-state index contributed by atoms with van der Waals surface area (Å²) < 4.78 is 0. The number of hydroxylamine groups is 2. The predicted molar refractivity (Wildman–Crippen MR) is 70.4 cm³/mol. The molecule has 0 radical (unpaired) electrons. The van der Waals surface area contributed by atoms with Crippen LogP contribution in [-0.2, 0) is 9.59 Å². The van der Waals surface area contributed by atoms with Crippen LogP contribution in [0.4, 0.5) is 0 Å². The van der Waals surface area contributed by atoms with Crippen LogP contribution < -0.4 is 0 Å². The van der Waals surface area contributed by atoms with Crippen LogP contribution in [0, 0.1) is 5.92 Å². The highest BCUT2D eigenvalue weighted by atomic mass is 16.5. The number of amides is 1. The van der Waals surface area contributed by atoms with Crippen LogP contribution >= 0.6 is 0 Å². The van der Waals surface area contributed by atoms with Crippen molar-refractivity contribution < 1.29 is 19.9 Å². The first kappa shape index (κ1) is 14.9. The first-order valence-corrected chi connectivity index (χ1v) is 5.93. The van der Waals surface area contributed by atoms with Crippen molar-refractivity contribution in [2.75, 3.05) is 0 Å². The summed E-state index contributed by atoms with van der Waals surface area (Å²) in [6, 6.07) is 8.69. The molecule has 0 aromatic heterocycles. The van der Waals surface area contributed by atoms with E-state index in [0.29, 0.717) is 5.06 Å². The van der Waals surface area contributed by atoms with E-state index in [-0.39, 0.29) is 12.8 Å². The van der Waals surface area contributed by atoms with Crippen molar-refractivity contribution in [1.82, 2.24) is 5.06 Å². The van der Waals surface area contributed by atoms with Gasteiger partial charge in [0.2, 0.25) is 6.41 Å². The van der Waals surface area contributed by atoms with Crippen LogP contribution in [0.3, 0.4) is 0 Å². The number of aliphatic carboxylic acids is 1. The Morgan fingerprint density at radius 3 is 2.53 bits per heavy atom. The maximum Gasteiger partial charge on any atom is 0.308 e. The van der Waals surface area contributed by atoms with Crippen LogP contribution in [0.1, 0.15) is 18.9 Å². The molecular weight excluding hydrogens is 246 g/mol. The molecule has 0 fully saturated rings. The van der Waals surface area contributed by atoms with Crippen molar-refractivity contribution in [1.29, 1.82) is 0 Å². The number of carboxylic acids is 1. The summed E-state index contributed by atoms with van der Waals surface area (Å²) in [5, 5.41) is 18.7. The molecule has 0 saturated carbocycles. The fourth-order valence-corrected chi connectivity index (χ4v) is 1.70. The summed E-state index contributed by atoms with van der Waals surface area (Å²) in [4.78, 5) is 21.5. The van der Waals surface area contributed by atoms with E-state index >= 15 is 0 Å². The first-order chi connectivity index (χ1) is 9.06. The van der Waals surface area contributed by atoms with Gasteiger partial charge in [-0.1, -0.05) is 42.5 Å². The van der Waals surface area contributed by atoms with Crippen molar-refractivity contribution in [2.24, 2.45) is 5.92 Å². The molecule has 0 saturated heterocycles. The number of carbonyl (C=O) groups excluding carboxylic acids is 1. The Bertz CT molecular complexity index is 444. The third-order valence-electron chi connectivity index (χ3n) is 2.92. The lowest BCUT2D eigenvalue weighted by molar-refractivity contribution is -0.169. The SMILES string of the molecule is C[C@@H]([C@@H](CC=Cc1ccccc1)C(=O)O)N(O)C=O. The Hall–Kier alpha value is -2.14. The molecule has 2 atom stereocenters. The zero-order valence-corrected chi connectivity index (χ0v) is 10.6. The highest BCUT2D eigenvalue weighted by molar-refractivity contribution is 5.71. The van der Waals surface area contributed by atoms with E-state index in [1.807, 2.05) is 36.4 Å². The molecule has 0 aliphatic heterocycles. The number of rotatable bonds is 7. The van der Waals surface area contributed by atoms with Crippen molar-refractivity contribution in [2.45, 2.75) is 19.4 Å². The third kappa shape index (κ3) is 4.56. The van der Waals surface area contributed by atoms with Gasteiger partial charge >= 0.3 is 5.97 Å². The molecule has 102 valence electrons. The molecule has 5 heteroatoms. The molecule has 0 heterocycles. The van der Waals surface area contributed by atoms with Crippen molar-refractivity contribution >= 4 is 18.5 Å². The van der Waals surface area contributed by atoms with E-state index in [1.165, 1.54) is 6.92 Å². The van der Waals surface area contributed by atoms with Gasteiger partial charge in [-0.05, 0) is 18.9 Å². The quantitative estimate of drug-likeness (QED) is 0.448. The van der Waals surface area contributed by atoms with Gasteiger partial charge in [-0.3, -0.25) is 14.8 Å². The number of hydrogen-bond donors (Lipinski definition) is 2. The Kier molecular flexibility index (Phi) is 5.75. The minimum atomic E-state index is -1.05. The van der Waals surface area contributed by atoms with Crippen LogP contribution in [0.5, 0.6) is 0 Å². The van der Waals surface area contributed by atoms with E-state index < -0.39 is 17.9 Å². The maximum atomic E-state index is 11.1. The predicted octanol–water partition coefficient (Wildman–Crippen LogP) is 2.03. The number of carboxylic acid groups (broad SMARTS) is 1. The number of hydrogen-bond acceptors (Lipinski definition) is 3. The molecule has 5 nitrogen and oxygen atoms in total. The molecule has 1 amide bonds. The smallest absolute Gasteiger partial charge is 0.308 e. The van der Waals surface area contributed by atoms with Crippen molar-refractivity contribution in [3.63, 3.8) is 0 Å². The Morgan fingerprint density at radius 2 is 2.00 bits per heavy atom. The van der Waals surface area contributed by atoms with E-state index in [1.54, 1.807) is 6.08 Å². The molecular formula is C14H17NO4. The maximum absolute atomic E-state index is 11.1. The summed E-state index contributed by atoms with van der Waals surface area (Å²) in [6.07, 6.45) is 3.98. The van der Waals surface area contributed by atoms with Gasteiger partial charge in [0.05, 0.1) is 12.0 Å². The normalized spacial score (nSPS) is 14.0. The third-order valence-corrected chi connectivity index (χ3v) is 2.92. The zero-order chi connectivity index (χ0) is 14.3. The highest BCUT2D eigenvalue weighted by Crippen LogP contribution is 2.15. The molecule has 2 N–H and O–H groups in total. The van der Waals surface area contributed by atoms with Gasteiger partial charge in [0.15, 0.2) is 0 Å². The summed E-state index contributed by atoms with van der Waals surface area (Å²) >= 11 is 0. The number of allylic oxidation sites excluding steroid dienone is 1. The van der Waals surface area contributed by atoms with Crippen molar-refractivity contribution in [3.05, 3.63) is 42.0 Å². The van der Waals surface area contributed by atoms with Crippen LogP contribution in [-0.4, -0.2) is 33.8 Å². The second-order valence-corrected chi connectivity index (χ2v) is 4.22. The number of nitrogens with zero attached hydrogens (tertiary/aromatic N) is 1. The monoisotopic (exact) mass is 263 g/mol. The molecule has 0 aliphatic rings. The van der Waals surface area contributed by atoms with E-state index in [2.05, 4.69) is 0 Å². The van der Waals surface area contributed by atoms with Crippen LogP contribution in [0.15, 0.2) is 36.4 Å². The summed E-state index contributed by atoms with van der Waals surface area (Å²) in [5.41, 5.74) is 0.968. The molecule has 0 aliphatic carbocycles. The molecule has 1 aromatic rings. The largest absolute Gasteiger partial charge is 0.481 e. The zero-order valence-electron chi connectivity index (χ0n) is 10.6. The fourth-order valence-electron chi connectivity index (χ4n) is 1.70. The molecule has 0 bridgehead atoms. The molecule has 0 unspecified atom stereocenters. The van der Waals surface area contributed by atoms with Gasteiger partial charge in [-0.15, -0.1) is 0 Å². The van der Waals surface area contributed by atoms with E-state index in [9.17, 15) is 14.8 Å². The number of benzene rings is 1. The van der Waals surface area contributed by atoms with Crippen molar-refractivity contribution in [3.8, 4) is 0 Å². The molecule has 1 aromatic carbocycles. The van der Waals surface area contributed by atoms with Crippen LogP contribution in [0.25, 0.3) is 6.08 Å². The summed E-state index contributed by atoms with van der Waals surface area (Å²) in [5.74, 6) is -1.90. The van der Waals surface area contributed by atoms with Gasteiger partial charge in [-0.2, -0.15) is 0 Å². The first-order valence-electron chi connectivity index (χ1n) is 5.93. The minimum Gasteiger partial charge on any atom is -0.481 e. The fraction of sp³-hybridized carbons (Fsp3) is 0.286. The second kappa shape index (κ2) is 7.33. The molecule has 19 heavy (non-hydrogen) atoms. The standard InChI is InChI=1S/C14H17NO4/c1-11(15(19)10-16)13(14(17)18)9-5-8-12-6-3-2-4-7-12/h2-8,10-11,13,19H,9H2,1H3,(H,17,18)/t11-,13+/m0/s1. The number of carbonyl (C=O) groups is 2. The summed E-state index contributed by atoms with van der Waals surface area (Å²) in [6.45, 7) is 1.49. The topological polar surface area (TPSA) is 77.8 Å². The lowest BCUT2D eigenvalue weighted by Gasteiger charge is -2.23. The molecule has 0 spiro atoms.